The number of rotatable bonds is 2. The summed E-state index contributed by atoms with van der Waals surface area (Å²) in [5, 5.41) is 0. The van der Waals surface area contributed by atoms with Crippen molar-refractivity contribution in [2.75, 3.05) is 6.54 Å². The molecule has 1 aromatic rings. The SMILES string of the molecule is CC(C)(C)OC(=O)[C@H]1CCCN1C(=O)c1ccoc1Br. The fraction of sp³-hybridized carbons (Fsp3) is 0.571. The van der Waals surface area contributed by atoms with Crippen molar-refractivity contribution in [3.05, 3.63) is 22.6 Å². The molecular formula is C14H18BrNO4. The molecule has 0 spiro atoms. The third kappa shape index (κ3) is 3.23. The molecule has 20 heavy (non-hydrogen) atoms. The summed E-state index contributed by atoms with van der Waals surface area (Å²) >= 11 is 3.19. The van der Waals surface area contributed by atoms with Gasteiger partial charge in [-0.1, -0.05) is 0 Å². The first-order valence-electron chi connectivity index (χ1n) is 6.56. The summed E-state index contributed by atoms with van der Waals surface area (Å²) in [7, 11) is 0. The number of furan rings is 1. The number of amides is 1. The quantitative estimate of drug-likeness (QED) is 0.774. The van der Waals surface area contributed by atoms with E-state index in [9.17, 15) is 9.59 Å². The number of hydrogen-bond donors (Lipinski definition) is 0. The van der Waals surface area contributed by atoms with E-state index in [0.29, 0.717) is 23.2 Å². The van der Waals surface area contributed by atoms with Gasteiger partial charge in [0.2, 0.25) is 0 Å². The molecule has 0 unspecified atom stereocenters. The van der Waals surface area contributed by atoms with Crippen molar-refractivity contribution in [2.24, 2.45) is 0 Å². The minimum Gasteiger partial charge on any atom is -0.458 e. The van der Waals surface area contributed by atoms with Crippen LogP contribution in [0.1, 0.15) is 44.0 Å². The summed E-state index contributed by atoms with van der Waals surface area (Å²) in [5.41, 5.74) is -0.120. The Morgan fingerprint density at radius 1 is 1.45 bits per heavy atom. The zero-order valence-electron chi connectivity index (χ0n) is 11.8. The fourth-order valence-electron chi connectivity index (χ4n) is 2.23. The molecule has 5 nitrogen and oxygen atoms in total. The zero-order valence-corrected chi connectivity index (χ0v) is 13.4. The minimum absolute atomic E-state index is 0.209. The number of halogens is 1. The van der Waals surface area contributed by atoms with Crippen molar-refractivity contribution in [3.63, 3.8) is 0 Å². The van der Waals surface area contributed by atoms with Crippen LogP contribution < -0.4 is 0 Å². The number of carbonyl (C=O) groups excluding carboxylic acids is 2. The summed E-state index contributed by atoms with van der Waals surface area (Å²) in [6.07, 6.45) is 2.87. The predicted octanol–water partition coefficient (Wildman–Crippen LogP) is 2.99. The molecule has 0 saturated carbocycles. The van der Waals surface area contributed by atoms with Crippen molar-refractivity contribution in [1.29, 1.82) is 0 Å². The number of hydrogen-bond acceptors (Lipinski definition) is 4. The highest BCUT2D eigenvalue weighted by Crippen LogP contribution is 2.26. The molecule has 1 atom stereocenters. The van der Waals surface area contributed by atoms with Crippen molar-refractivity contribution in [1.82, 2.24) is 4.90 Å². The highest BCUT2D eigenvalue weighted by atomic mass is 79.9. The molecule has 6 heteroatoms. The number of ether oxygens (including phenoxy) is 1. The molecule has 0 radical (unpaired) electrons. The van der Waals surface area contributed by atoms with Crippen LogP contribution in [0.4, 0.5) is 0 Å². The predicted molar refractivity (Wildman–Crippen MR) is 76.3 cm³/mol. The second-order valence-electron chi connectivity index (χ2n) is 5.80. The maximum atomic E-state index is 12.4. The summed E-state index contributed by atoms with van der Waals surface area (Å²) in [4.78, 5) is 26.2. The molecule has 1 aromatic heterocycles. The first-order valence-corrected chi connectivity index (χ1v) is 7.36. The number of carbonyl (C=O) groups is 2. The molecule has 0 N–H and O–H groups in total. The molecule has 0 bridgehead atoms. The van der Waals surface area contributed by atoms with Gasteiger partial charge < -0.3 is 14.1 Å². The summed E-state index contributed by atoms with van der Waals surface area (Å²) in [5.74, 6) is -0.554. The molecule has 1 aliphatic rings. The van der Waals surface area contributed by atoms with Crippen molar-refractivity contribution in [3.8, 4) is 0 Å². The monoisotopic (exact) mass is 343 g/mol. The Hall–Kier alpha value is -1.30. The van der Waals surface area contributed by atoms with Gasteiger partial charge in [0.1, 0.15) is 11.6 Å². The van der Waals surface area contributed by atoms with Crippen LogP contribution in [-0.4, -0.2) is 35.0 Å². The Balaban J connectivity index is 2.13. The minimum atomic E-state index is -0.551. The molecule has 1 aliphatic heterocycles. The Morgan fingerprint density at radius 2 is 2.15 bits per heavy atom. The van der Waals surface area contributed by atoms with Crippen LogP contribution in [0.2, 0.25) is 0 Å². The lowest BCUT2D eigenvalue weighted by Gasteiger charge is -2.27. The van der Waals surface area contributed by atoms with Gasteiger partial charge >= 0.3 is 5.97 Å². The number of esters is 1. The maximum Gasteiger partial charge on any atom is 0.329 e. The average molecular weight is 344 g/mol. The zero-order chi connectivity index (χ0) is 14.9. The van der Waals surface area contributed by atoms with Gasteiger partial charge in [0.25, 0.3) is 5.91 Å². The van der Waals surface area contributed by atoms with Crippen LogP contribution in [0, 0.1) is 0 Å². The van der Waals surface area contributed by atoms with Crippen LogP contribution in [0.3, 0.4) is 0 Å². The van der Waals surface area contributed by atoms with E-state index >= 15 is 0 Å². The maximum absolute atomic E-state index is 12.4. The molecule has 110 valence electrons. The molecule has 1 amide bonds. The topological polar surface area (TPSA) is 59.8 Å². The van der Waals surface area contributed by atoms with Crippen molar-refractivity contribution >= 4 is 27.8 Å². The summed E-state index contributed by atoms with van der Waals surface area (Å²) in [6.45, 7) is 6.01. The Bertz CT molecular complexity index is 517. The molecular weight excluding hydrogens is 326 g/mol. The molecule has 1 fully saturated rings. The van der Waals surface area contributed by atoms with Crippen molar-refractivity contribution < 1.29 is 18.7 Å². The van der Waals surface area contributed by atoms with Crippen LogP contribution in [0.15, 0.2) is 21.4 Å². The van der Waals surface area contributed by atoms with Gasteiger partial charge in [-0.05, 0) is 55.6 Å². The molecule has 2 rings (SSSR count). The van der Waals surface area contributed by atoms with E-state index in [1.54, 1.807) is 11.0 Å². The molecule has 2 heterocycles. The fourth-order valence-corrected chi connectivity index (χ4v) is 2.64. The smallest absolute Gasteiger partial charge is 0.329 e. The van der Waals surface area contributed by atoms with Gasteiger partial charge in [-0.3, -0.25) is 4.79 Å². The second kappa shape index (κ2) is 5.60. The van der Waals surface area contributed by atoms with Gasteiger partial charge in [0, 0.05) is 6.54 Å². The van der Waals surface area contributed by atoms with E-state index in [1.807, 2.05) is 20.8 Å². The Morgan fingerprint density at radius 3 is 2.70 bits per heavy atom. The standard InChI is InChI=1S/C14H18BrNO4/c1-14(2,3)20-13(18)10-5-4-7-16(10)12(17)9-6-8-19-11(9)15/h6,8,10H,4-5,7H2,1-3H3/t10-/m1/s1. The molecule has 0 aromatic carbocycles. The van der Waals surface area contributed by atoms with Gasteiger partial charge in [-0.25, -0.2) is 4.79 Å². The van der Waals surface area contributed by atoms with E-state index in [-0.39, 0.29) is 11.9 Å². The normalized spacial score (nSPS) is 19.2. The average Bonchev–Trinajstić information content (AvgIpc) is 2.93. The highest BCUT2D eigenvalue weighted by molar-refractivity contribution is 9.10. The second-order valence-corrected chi connectivity index (χ2v) is 6.52. The lowest BCUT2D eigenvalue weighted by atomic mass is 10.1. The van der Waals surface area contributed by atoms with Crippen LogP contribution >= 0.6 is 15.9 Å². The van der Waals surface area contributed by atoms with Crippen LogP contribution in [0.5, 0.6) is 0 Å². The first-order chi connectivity index (χ1) is 9.29. The van der Waals surface area contributed by atoms with Crippen molar-refractivity contribution in [2.45, 2.75) is 45.3 Å². The van der Waals surface area contributed by atoms with E-state index in [2.05, 4.69) is 15.9 Å². The molecule has 0 aliphatic carbocycles. The van der Waals surface area contributed by atoms with E-state index in [1.165, 1.54) is 6.26 Å². The first kappa shape index (κ1) is 15.1. The number of likely N-dealkylation sites (tertiary alicyclic amines) is 1. The Labute approximate surface area is 126 Å². The Kier molecular flexibility index (Phi) is 4.22. The van der Waals surface area contributed by atoms with Gasteiger partial charge in [-0.15, -0.1) is 0 Å². The number of nitrogens with zero attached hydrogens (tertiary/aromatic N) is 1. The third-order valence-electron chi connectivity index (χ3n) is 3.04. The molecule has 1 saturated heterocycles. The van der Waals surface area contributed by atoms with Crippen LogP contribution in [0.25, 0.3) is 0 Å². The summed E-state index contributed by atoms with van der Waals surface area (Å²) in [6, 6.07) is 1.08. The van der Waals surface area contributed by atoms with Gasteiger partial charge in [0.05, 0.1) is 11.8 Å². The van der Waals surface area contributed by atoms with Crippen LogP contribution in [-0.2, 0) is 9.53 Å². The lowest BCUT2D eigenvalue weighted by Crippen LogP contribution is -2.43. The third-order valence-corrected chi connectivity index (χ3v) is 3.65. The highest BCUT2D eigenvalue weighted by Gasteiger charge is 2.38. The van der Waals surface area contributed by atoms with E-state index in [4.69, 9.17) is 9.15 Å². The summed E-state index contributed by atoms with van der Waals surface area (Å²) < 4.78 is 10.8. The van der Waals surface area contributed by atoms with Gasteiger partial charge in [0.15, 0.2) is 4.67 Å². The van der Waals surface area contributed by atoms with E-state index in [0.717, 1.165) is 6.42 Å². The van der Waals surface area contributed by atoms with E-state index < -0.39 is 11.6 Å². The lowest BCUT2D eigenvalue weighted by molar-refractivity contribution is -0.159. The largest absolute Gasteiger partial charge is 0.458 e. The van der Waals surface area contributed by atoms with Gasteiger partial charge in [-0.2, -0.15) is 0 Å².